The Kier molecular flexibility index (Phi) is 4.36. The molecule has 1 N–H and O–H groups in total. The Balaban J connectivity index is 2.38. The average Bonchev–Trinajstić information content (AvgIpc) is 2.58. The fourth-order valence-corrected chi connectivity index (χ4v) is 3.27. The van der Waals surface area contributed by atoms with E-state index in [4.69, 9.17) is 5.11 Å². The molecule has 1 saturated heterocycles. The van der Waals surface area contributed by atoms with E-state index in [-0.39, 0.29) is 21.9 Å². The van der Waals surface area contributed by atoms with Crippen LogP contribution in [0.25, 0.3) is 0 Å². The van der Waals surface area contributed by atoms with E-state index in [1.54, 1.807) is 0 Å². The fourth-order valence-electron chi connectivity index (χ4n) is 2.17. The van der Waals surface area contributed by atoms with Gasteiger partial charge in [0.25, 0.3) is 0 Å². The van der Waals surface area contributed by atoms with E-state index in [0.29, 0.717) is 13.1 Å². The lowest BCUT2D eigenvalue weighted by Crippen LogP contribution is -2.29. The summed E-state index contributed by atoms with van der Waals surface area (Å²) in [6.07, 6.45) is 0.855. The number of nitrogens with zero attached hydrogens (tertiary/aromatic N) is 3. The number of nitro groups is 1. The fraction of sp³-hybridized carbons (Fsp3) is 0.538. The Bertz CT molecular complexity index is 577. The van der Waals surface area contributed by atoms with Gasteiger partial charge < -0.3 is 10.0 Å². The van der Waals surface area contributed by atoms with Gasteiger partial charge in [0.1, 0.15) is 0 Å². The molecule has 0 atom stereocenters. The predicted octanol–water partition coefficient (Wildman–Crippen LogP) is 2.41. The smallest absolute Gasteiger partial charge is 0.354 e. The van der Waals surface area contributed by atoms with Crippen LogP contribution in [0.15, 0.2) is 12.1 Å². The molecule has 0 spiro atoms. The van der Waals surface area contributed by atoms with Gasteiger partial charge in [0, 0.05) is 29.7 Å². The highest BCUT2D eigenvalue weighted by atomic mass is 32.2. The molecule has 114 valence electrons. The molecule has 0 unspecified atom stereocenters. The van der Waals surface area contributed by atoms with Crippen molar-refractivity contribution < 1.29 is 14.8 Å². The lowest BCUT2D eigenvalue weighted by molar-refractivity contribution is -0.384. The van der Waals surface area contributed by atoms with Crippen molar-refractivity contribution in [1.82, 2.24) is 4.98 Å². The van der Waals surface area contributed by atoms with Crippen LogP contribution < -0.4 is 4.90 Å². The second-order valence-electron chi connectivity index (χ2n) is 5.45. The van der Waals surface area contributed by atoms with Crippen LogP contribution in [0.2, 0.25) is 0 Å². The van der Waals surface area contributed by atoms with Gasteiger partial charge in [0.15, 0.2) is 5.69 Å². The van der Waals surface area contributed by atoms with Crippen molar-refractivity contribution >= 4 is 29.2 Å². The number of anilines is 1. The number of carbonyl (C=O) groups is 1. The molecule has 0 saturated carbocycles. The van der Waals surface area contributed by atoms with Crippen molar-refractivity contribution in [2.24, 2.45) is 0 Å². The van der Waals surface area contributed by atoms with Gasteiger partial charge in [0.05, 0.1) is 4.92 Å². The third-order valence-electron chi connectivity index (χ3n) is 3.41. The maximum absolute atomic E-state index is 11.1. The molecule has 8 heteroatoms. The Morgan fingerprint density at radius 1 is 1.48 bits per heavy atom. The molecule has 0 aliphatic carbocycles. The summed E-state index contributed by atoms with van der Waals surface area (Å²) in [5.41, 5.74) is -0.323. The van der Waals surface area contributed by atoms with Crippen molar-refractivity contribution in [3.05, 3.63) is 27.9 Å². The van der Waals surface area contributed by atoms with Crippen LogP contribution in [-0.4, -0.2) is 44.6 Å². The van der Waals surface area contributed by atoms with Crippen LogP contribution in [0.5, 0.6) is 0 Å². The van der Waals surface area contributed by atoms with E-state index in [1.165, 1.54) is 12.1 Å². The summed E-state index contributed by atoms with van der Waals surface area (Å²) in [6.45, 7) is 5.51. The number of carboxylic acid groups (broad SMARTS) is 1. The largest absolute Gasteiger partial charge is 0.477 e. The summed E-state index contributed by atoms with van der Waals surface area (Å²) in [6, 6.07) is 2.38. The van der Waals surface area contributed by atoms with Gasteiger partial charge in [-0.25, -0.2) is 9.78 Å². The van der Waals surface area contributed by atoms with Crippen LogP contribution in [0.4, 0.5) is 11.5 Å². The lowest BCUT2D eigenvalue weighted by atomic mass is 10.1. The summed E-state index contributed by atoms with van der Waals surface area (Å²) >= 11 is 1.81. The van der Waals surface area contributed by atoms with Crippen LogP contribution in [0.1, 0.15) is 30.8 Å². The molecule has 1 aromatic rings. The number of hydrogen-bond acceptors (Lipinski definition) is 6. The molecule has 0 amide bonds. The van der Waals surface area contributed by atoms with Gasteiger partial charge in [-0.05, 0) is 12.5 Å². The SMILES string of the molecule is CC1(C)CCN(c2nc(C(=O)O)ccc2[N+](=O)[O-])CCS1. The summed E-state index contributed by atoms with van der Waals surface area (Å²) in [5, 5.41) is 20.2. The number of aromatic carboxylic acids is 1. The number of carboxylic acids is 1. The van der Waals surface area contributed by atoms with Crippen molar-refractivity contribution in [2.75, 3.05) is 23.7 Å². The van der Waals surface area contributed by atoms with Gasteiger partial charge in [-0.15, -0.1) is 0 Å². The number of thioether (sulfide) groups is 1. The van der Waals surface area contributed by atoms with Gasteiger partial charge in [-0.1, -0.05) is 13.8 Å². The van der Waals surface area contributed by atoms with Crippen molar-refractivity contribution in [3.63, 3.8) is 0 Å². The molecule has 0 radical (unpaired) electrons. The Morgan fingerprint density at radius 2 is 2.19 bits per heavy atom. The molecular weight excluding hydrogens is 294 g/mol. The van der Waals surface area contributed by atoms with Crippen LogP contribution >= 0.6 is 11.8 Å². The monoisotopic (exact) mass is 311 g/mol. The summed E-state index contributed by atoms with van der Waals surface area (Å²) < 4.78 is 0.105. The summed E-state index contributed by atoms with van der Waals surface area (Å²) in [4.78, 5) is 27.5. The second-order valence-corrected chi connectivity index (χ2v) is 7.25. The van der Waals surface area contributed by atoms with Crippen LogP contribution in [0, 0.1) is 10.1 Å². The minimum atomic E-state index is -1.18. The Labute approximate surface area is 126 Å². The van der Waals surface area contributed by atoms with E-state index in [9.17, 15) is 14.9 Å². The quantitative estimate of drug-likeness (QED) is 0.676. The zero-order valence-corrected chi connectivity index (χ0v) is 12.7. The number of hydrogen-bond donors (Lipinski definition) is 1. The first kappa shape index (κ1) is 15.6. The number of aromatic nitrogens is 1. The lowest BCUT2D eigenvalue weighted by Gasteiger charge is -2.23. The highest BCUT2D eigenvalue weighted by molar-refractivity contribution is 8.00. The molecule has 21 heavy (non-hydrogen) atoms. The molecule has 0 aromatic carbocycles. The zero-order chi connectivity index (χ0) is 15.6. The molecule has 2 rings (SSSR count). The summed E-state index contributed by atoms with van der Waals surface area (Å²) in [7, 11) is 0. The molecular formula is C13H17N3O4S. The van der Waals surface area contributed by atoms with E-state index < -0.39 is 10.9 Å². The zero-order valence-electron chi connectivity index (χ0n) is 11.9. The topological polar surface area (TPSA) is 96.6 Å². The third kappa shape index (κ3) is 3.63. The van der Waals surface area contributed by atoms with Gasteiger partial charge >= 0.3 is 11.7 Å². The molecule has 1 aliphatic rings. The molecule has 0 bridgehead atoms. The van der Waals surface area contributed by atoms with E-state index in [0.717, 1.165) is 12.2 Å². The first-order chi connectivity index (χ1) is 9.80. The van der Waals surface area contributed by atoms with Crippen molar-refractivity contribution in [3.8, 4) is 0 Å². The molecule has 2 heterocycles. The van der Waals surface area contributed by atoms with Gasteiger partial charge in [0.2, 0.25) is 5.82 Å². The number of rotatable bonds is 3. The second kappa shape index (κ2) is 5.88. The number of pyridine rings is 1. The average molecular weight is 311 g/mol. The van der Waals surface area contributed by atoms with E-state index in [1.807, 2.05) is 16.7 Å². The van der Waals surface area contributed by atoms with E-state index in [2.05, 4.69) is 18.8 Å². The normalized spacial score (nSPS) is 18.1. The maximum atomic E-state index is 11.1. The Morgan fingerprint density at radius 3 is 2.81 bits per heavy atom. The van der Waals surface area contributed by atoms with E-state index >= 15 is 0 Å². The van der Waals surface area contributed by atoms with Crippen molar-refractivity contribution in [1.29, 1.82) is 0 Å². The van der Waals surface area contributed by atoms with Crippen LogP contribution in [0.3, 0.4) is 0 Å². The standard InChI is InChI=1S/C13H17N3O4S/c1-13(2)5-6-15(7-8-21-13)11-10(16(19)20)4-3-9(14-11)12(17)18/h3-4H,5-8H2,1-2H3,(H,17,18). The molecule has 1 aliphatic heterocycles. The first-order valence-corrected chi connectivity index (χ1v) is 7.56. The minimum absolute atomic E-state index is 0.105. The Hall–Kier alpha value is -1.83. The maximum Gasteiger partial charge on any atom is 0.354 e. The summed E-state index contributed by atoms with van der Waals surface area (Å²) in [5.74, 6) is -0.211. The van der Waals surface area contributed by atoms with Gasteiger partial charge in [-0.3, -0.25) is 10.1 Å². The minimum Gasteiger partial charge on any atom is -0.477 e. The highest BCUT2D eigenvalue weighted by Gasteiger charge is 2.28. The van der Waals surface area contributed by atoms with Crippen LogP contribution in [-0.2, 0) is 0 Å². The van der Waals surface area contributed by atoms with Crippen molar-refractivity contribution in [2.45, 2.75) is 25.0 Å². The molecule has 7 nitrogen and oxygen atoms in total. The third-order valence-corrected chi connectivity index (χ3v) is 4.78. The predicted molar refractivity (Wildman–Crippen MR) is 81.2 cm³/mol. The molecule has 1 aromatic heterocycles. The highest BCUT2D eigenvalue weighted by Crippen LogP contribution is 2.34. The van der Waals surface area contributed by atoms with Gasteiger partial charge in [-0.2, -0.15) is 11.8 Å². The molecule has 1 fully saturated rings. The first-order valence-electron chi connectivity index (χ1n) is 6.58.